The predicted molar refractivity (Wildman–Crippen MR) is 112 cm³/mol. The molecule has 1 aliphatic carbocycles. The summed E-state index contributed by atoms with van der Waals surface area (Å²) in [6, 6.07) is 21.0. The van der Waals surface area contributed by atoms with E-state index in [2.05, 4.69) is 57.8 Å². The molecule has 0 amide bonds. The van der Waals surface area contributed by atoms with Crippen LogP contribution >= 0.6 is 0 Å². The molecule has 4 heteroatoms. The second-order valence-corrected chi connectivity index (χ2v) is 6.97. The maximum absolute atomic E-state index is 6.18. The van der Waals surface area contributed by atoms with Gasteiger partial charge in [0, 0.05) is 22.7 Å². The van der Waals surface area contributed by atoms with Crippen molar-refractivity contribution in [1.29, 1.82) is 0 Å². The Balaban J connectivity index is 1.40. The summed E-state index contributed by atoms with van der Waals surface area (Å²) in [5.74, 6) is 0.431. The molecule has 0 saturated carbocycles. The quantitative estimate of drug-likeness (QED) is 0.424. The highest BCUT2D eigenvalue weighted by Crippen LogP contribution is 2.34. The van der Waals surface area contributed by atoms with E-state index in [4.69, 9.17) is 5.73 Å². The second-order valence-electron chi connectivity index (χ2n) is 6.97. The van der Waals surface area contributed by atoms with Crippen LogP contribution in [0.2, 0.25) is 0 Å². The first-order valence-corrected chi connectivity index (χ1v) is 9.22. The number of pyridine rings is 1. The summed E-state index contributed by atoms with van der Waals surface area (Å²) in [5, 5.41) is 7.00. The fraction of sp³-hybridized carbons (Fsp3) is 0.130. The molecular formula is C23H20N4. The van der Waals surface area contributed by atoms with Crippen molar-refractivity contribution in [3.63, 3.8) is 0 Å². The zero-order valence-corrected chi connectivity index (χ0v) is 14.9. The number of benzene rings is 3. The van der Waals surface area contributed by atoms with Crippen molar-refractivity contribution in [2.24, 2.45) is 10.7 Å². The monoisotopic (exact) mass is 352 g/mol. The molecule has 1 heterocycles. The van der Waals surface area contributed by atoms with E-state index >= 15 is 0 Å². The summed E-state index contributed by atoms with van der Waals surface area (Å²) < 4.78 is 0. The lowest BCUT2D eigenvalue weighted by atomic mass is 10.0. The Bertz CT molecular complexity index is 1180. The van der Waals surface area contributed by atoms with E-state index in [0.29, 0.717) is 12.5 Å². The minimum atomic E-state index is 0.431. The van der Waals surface area contributed by atoms with Crippen molar-refractivity contribution in [2.45, 2.75) is 19.4 Å². The number of hydrogen-bond acceptors (Lipinski definition) is 2. The van der Waals surface area contributed by atoms with Gasteiger partial charge in [0.05, 0.1) is 12.1 Å². The van der Waals surface area contributed by atoms with Crippen molar-refractivity contribution in [1.82, 2.24) is 4.98 Å². The number of nitrogens with one attached hydrogen (secondary N) is 1. The molecule has 0 aliphatic heterocycles. The Morgan fingerprint density at radius 2 is 1.89 bits per heavy atom. The highest BCUT2D eigenvalue weighted by molar-refractivity contribution is 6.05. The lowest BCUT2D eigenvalue weighted by Crippen LogP contribution is -2.22. The Labute approximate surface area is 157 Å². The molecule has 5 rings (SSSR count). The van der Waals surface area contributed by atoms with Crippen LogP contribution in [0.5, 0.6) is 0 Å². The predicted octanol–water partition coefficient (Wildman–Crippen LogP) is 4.41. The summed E-state index contributed by atoms with van der Waals surface area (Å²) >= 11 is 0. The van der Waals surface area contributed by atoms with Crippen molar-refractivity contribution < 1.29 is 0 Å². The molecule has 0 radical (unpaired) electrons. The Morgan fingerprint density at radius 1 is 1.00 bits per heavy atom. The maximum Gasteiger partial charge on any atom is 0.193 e. The molecular weight excluding hydrogens is 332 g/mol. The van der Waals surface area contributed by atoms with E-state index in [1.165, 1.54) is 21.9 Å². The third-order valence-electron chi connectivity index (χ3n) is 5.24. The van der Waals surface area contributed by atoms with E-state index in [1.54, 1.807) is 6.20 Å². The molecule has 4 nitrogen and oxygen atoms in total. The first-order valence-electron chi connectivity index (χ1n) is 9.22. The molecule has 27 heavy (non-hydrogen) atoms. The van der Waals surface area contributed by atoms with Crippen LogP contribution in [0.25, 0.3) is 21.7 Å². The van der Waals surface area contributed by atoms with Crippen molar-refractivity contribution in [3.05, 3.63) is 83.6 Å². The van der Waals surface area contributed by atoms with Crippen LogP contribution in [0.1, 0.15) is 16.7 Å². The van der Waals surface area contributed by atoms with Gasteiger partial charge in [-0.2, -0.15) is 0 Å². The second kappa shape index (κ2) is 6.40. The van der Waals surface area contributed by atoms with Crippen LogP contribution in [0.3, 0.4) is 0 Å². The van der Waals surface area contributed by atoms with Crippen LogP contribution in [-0.4, -0.2) is 10.9 Å². The van der Waals surface area contributed by atoms with Crippen LogP contribution in [0.15, 0.2) is 71.9 Å². The van der Waals surface area contributed by atoms with Gasteiger partial charge in [0.2, 0.25) is 0 Å². The highest BCUT2D eigenvalue weighted by atomic mass is 15.1. The summed E-state index contributed by atoms with van der Waals surface area (Å²) in [7, 11) is 0. The number of nitrogens with zero attached hydrogens (tertiary/aromatic N) is 2. The number of hydrogen-bond donors (Lipinski definition) is 2. The minimum Gasteiger partial charge on any atom is -0.370 e. The summed E-state index contributed by atoms with van der Waals surface area (Å²) in [6.07, 6.45) is 4.05. The van der Waals surface area contributed by atoms with Gasteiger partial charge >= 0.3 is 0 Å². The Hall–Kier alpha value is -3.40. The number of nitrogens with two attached hydrogens (primary N) is 1. The number of rotatable bonds is 3. The van der Waals surface area contributed by atoms with Gasteiger partial charge in [-0.25, -0.2) is 4.99 Å². The lowest BCUT2D eigenvalue weighted by Gasteiger charge is -2.11. The topological polar surface area (TPSA) is 63.3 Å². The highest BCUT2D eigenvalue weighted by Gasteiger charge is 2.15. The maximum atomic E-state index is 6.18. The van der Waals surface area contributed by atoms with Crippen LogP contribution in [0.4, 0.5) is 5.69 Å². The largest absolute Gasteiger partial charge is 0.370 e. The van der Waals surface area contributed by atoms with Crippen LogP contribution in [0, 0.1) is 0 Å². The zero-order valence-electron chi connectivity index (χ0n) is 14.9. The average molecular weight is 352 g/mol. The van der Waals surface area contributed by atoms with Gasteiger partial charge in [-0.1, -0.05) is 36.4 Å². The van der Waals surface area contributed by atoms with Crippen molar-refractivity contribution >= 4 is 33.3 Å². The third kappa shape index (κ3) is 2.89. The van der Waals surface area contributed by atoms with E-state index in [9.17, 15) is 0 Å². The number of aliphatic imine (C=N–C) groups is 1. The number of fused-ring (bicyclic) bond motifs is 1. The molecule has 0 saturated heterocycles. The van der Waals surface area contributed by atoms with Crippen molar-refractivity contribution in [2.75, 3.05) is 5.32 Å². The molecule has 0 bridgehead atoms. The average Bonchev–Trinajstić information content (AvgIpc) is 3.13. The van der Waals surface area contributed by atoms with Gasteiger partial charge in [-0.15, -0.1) is 0 Å². The number of aromatic nitrogens is 1. The lowest BCUT2D eigenvalue weighted by molar-refractivity contribution is 1.02. The Kier molecular flexibility index (Phi) is 3.75. The molecule has 0 unspecified atom stereocenters. The molecule has 1 aliphatic rings. The standard InChI is InChI=1S/C23H20N4/c24-23(26-14-15-6-10-20-18(13-15)4-2-12-25-20)27-21-11-9-17-8-7-16-3-1-5-19(21)22(16)17/h1-6,9-13H,7-8,14H2,(H3,24,26,27). The van der Waals surface area contributed by atoms with Gasteiger partial charge in [-0.3, -0.25) is 4.98 Å². The first kappa shape index (κ1) is 15.8. The fourth-order valence-corrected chi connectivity index (χ4v) is 3.93. The Morgan fingerprint density at radius 3 is 2.81 bits per heavy atom. The summed E-state index contributed by atoms with van der Waals surface area (Å²) in [6.45, 7) is 0.533. The van der Waals surface area contributed by atoms with E-state index in [1.807, 2.05) is 18.2 Å². The smallest absolute Gasteiger partial charge is 0.193 e. The van der Waals surface area contributed by atoms with Gasteiger partial charge in [-0.05, 0) is 59.2 Å². The molecule has 3 N–H and O–H groups in total. The van der Waals surface area contributed by atoms with Crippen LogP contribution < -0.4 is 11.1 Å². The fourth-order valence-electron chi connectivity index (χ4n) is 3.93. The minimum absolute atomic E-state index is 0.431. The molecule has 0 spiro atoms. The van der Waals surface area contributed by atoms with Gasteiger partial charge in [0.15, 0.2) is 5.96 Å². The zero-order chi connectivity index (χ0) is 18.2. The van der Waals surface area contributed by atoms with E-state index < -0.39 is 0 Å². The SMILES string of the molecule is NC(=NCc1ccc2ncccc2c1)Nc1ccc2c3c(cccc13)CC2. The summed E-state index contributed by atoms with van der Waals surface area (Å²) in [4.78, 5) is 8.88. The molecule has 3 aromatic carbocycles. The number of anilines is 1. The molecule has 4 aromatic rings. The van der Waals surface area contributed by atoms with Gasteiger partial charge in [0.1, 0.15) is 0 Å². The third-order valence-corrected chi connectivity index (χ3v) is 5.24. The molecule has 0 fully saturated rings. The van der Waals surface area contributed by atoms with Gasteiger partial charge in [0.25, 0.3) is 0 Å². The first-order chi connectivity index (χ1) is 13.3. The van der Waals surface area contributed by atoms with Gasteiger partial charge < -0.3 is 11.1 Å². The molecule has 132 valence electrons. The molecule has 0 atom stereocenters. The molecule has 1 aromatic heterocycles. The van der Waals surface area contributed by atoms with Crippen molar-refractivity contribution in [3.8, 4) is 0 Å². The number of guanidine groups is 1. The van der Waals surface area contributed by atoms with E-state index in [-0.39, 0.29) is 0 Å². The van der Waals surface area contributed by atoms with E-state index in [0.717, 1.165) is 35.0 Å². The normalized spacial score (nSPS) is 13.4. The summed E-state index contributed by atoms with van der Waals surface area (Å²) in [5.41, 5.74) is 12.1. The van der Waals surface area contributed by atoms with Crippen LogP contribution in [-0.2, 0) is 19.4 Å². The number of aryl methyl sites for hydroxylation is 2.